The Balaban J connectivity index is 2.37. The summed E-state index contributed by atoms with van der Waals surface area (Å²) >= 11 is 1.91. The molecule has 0 saturated heterocycles. The Kier molecular flexibility index (Phi) is 2.35. The Bertz CT molecular complexity index is 275. The van der Waals surface area contributed by atoms with Crippen LogP contribution in [-0.2, 0) is 0 Å². The predicted molar refractivity (Wildman–Crippen MR) is 51.8 cm³/mol. The minimum Gasteiger partial charge on any atom is -0.271 e. The summed E-state index contributed by atoms with van der Waals surface area (Å²) in [7, 11) is 0. The molecule has 0 fully saturated rings. The van der Waals surface area contributed by atoms with Crippen LogP contribution in [0.15, 0.2) is 29.2 Å². The van der Waals surface area contributed by atoms with Crippen molar-refractivity contribution in [3.63, 3.8) is 0 Å². The van der Waals surface area contributed by atoms with Crippen molar-refractivity contribution in [1.29, 1.82) is 0 Å². The van der Waals surface area contributed by atoms with Crippen LogP contribution in [0.2, 0.25) is 0 Å². The fourth-order valence-corrected chi connectivity index (χ4v) is 2.64. The van der Waals surface area contributed by atoms with Gasteiger partial charge >= 0.3 is 0 Å². The van der Waals surface area contributed by atoms with E-state index in [2.05, 4.69) is 29.7 Å². The van der Waals surface area contributed by atoms with Gasteiger partial charge in [0.1, 0.15) is 0 Å². The van der Waals surface area contributed by atoms with Crippen molar-refractivity contribution in [1.82, 2.24) is 5.43 Å². The summed E-state index contributed by atoms with van der Waals surface area (Å²) < 4.78 is 0. The zero-order valence-corrected chi connectivity index (χ0v) is 7.60. The Hall–Kier alpha value is -0.510. The first-order chi connectivity index (χ1) is 5.92. The van der Waals surface area contributed by atoms with Crippen LogP contribution >= 0.6 is 11.8 Å². The topological polar surface area (TPSA) is 38.0 Å². The van der Waals surface area contributed by atoms with E-state index in [1.807, 2.05) is 11.8 Å². The zero-order valence-electron chi connectivity index (χ0n) is 6.79. The van der Waals surface area contributed by atoms with E-state index in [1.165, 1.54) is 10.5 Å². The number of fused-ring (bicyclic) bond motifs is 1. The van der Waals surface area contributed by atoms with Crippen LogP contribution in [0.1, 0.15) is 18.0 Å². The Morgan fingerprint density at radius 1 is 1.42 bits per heavy atom. The lowest BCUT2D eigenvalue weighted by atomic mass is 10.1. The lowest BCUT2D eigenvalue weighted by molar-refractivity contribution is 0.529. The Morgan fingerprint density at radius 2 is 2.25 bits per heavy atom. The van der Waals surface area contributed by atoms with E-state index in [4.69, 9.17) is 5.84 Å². The number of nitrogens with two attached hydrogens (primary N) is 1. The SMILES string of the molecule is NN[C@H]1CCSc2ccccc21. The summed E-state index contributed by atoms with van der Waals surface area (Å²) in [6.07, 6.45) is 1.12. The molecule has 0 saturated carbocycles. The number of hydrazine groups is 1. The van der Waals surface area contributed by atoms with Crippen molar-refractivity contribution in [3.8, 4) is 0 Å². The average molecular weight is 180 g/mol. The van der Waals surface area contributed by atoms with Gasteiger partial charge in [0, 0.05) is 10.9 Å². The van der Waals surface area contributed by atoms with Gasteiger partial charge in [0.05, 0.1) is 0 Å². The van der Waals surface area contributed by atoms with E-state index in [0.717, 1.165) is 12.2 Å². The molecule has 1 aliphatic rings. The lowest BCUT2D eigenvalue weighted by Gasteiger charge is -2.23. The molecule has 1 aromatic carbocycles. The van der Waals surface area contributed by atoms with Gasteiger partial charge in [0.2, 0.25) is 0 Å². The van der Waals surface area contributed by atoms with Crippen molar-refractivity contribution < 1.29 is 0 Å². The highest BCUT2D eigenvalue weighted by Crippen LogP contribution is 2.35. The maximum Gasteiger partial charge on any atom is 0.0479 e. The zero-order chi connectivity index (χ0) is 8.39. The molecule has 1 heterocycles. The molecule has 0 aliphatic carbocycles. The molecule has 3 heteroatoms. The van der Waals surface area contributed by atoms with Gasteiger partial charge in [-0.15, -0.1) is 11.8 Å². The first-order valence-corrected chi connectivity index (χ1v) is 5.08. The van der Waals surface area contributed by atoms with Crippen LogP contribution in [0.25, 0.3) is 0 Å². The normalized spacial score (nSPS) is 21.9. The summed E-state index contributed by atoms with van der Waals surface area (Å²) in [6.45, 7) is 0. The van der Waals surface area contributed by atoms with Crippen LogP contribution in [0.3, 0.4) is 0 Å². The van der Waals surface area contributed by atoms with E-state index in [0.29, 0.717) is 6.04 Å². The molecule has 1 aromatic rings. The second-order valence-corrected chi connectivity index (χ2v) is 4.03. The molecule has 1 aliphatic heterocycles. The maximum atomic E-state index is 5.46. The smallest absolute Gasteiger partial charge is 0.0479 e. The van der Waals surface area contributed by atoms with Crippen LogP contribution in [-0.4, -0.2) is 5.75 Å². The van der Waals surface area contributed by atoms with Gasteiger partial charge in [-0.3, -0.25) is 11.3 Å². The highest BCUT2D eigenvalue weighted by Gasteiger charge is 2.18. The molecule has 64 valence electrons. The van der Waals surface area contributed by atoms with Crippen molar-refractivity contribution in [2.45, 2.75) is 17.4 Å². The summed E-state index contributed by atoms with van der Waals surface area (Å²) in [5, 5.41) is 0. The first kappa shape index (κ1) is 8.10. The van der Waals surface area contributed by atoms with Crippen molar-refractivity contribution in [2.24, 2.45) is 5.84 Å². The highest BCUT2D eigenvalue weighted by molar-refractivity contribution is 7.99. The molecule has 0 aromatic heterocycles. The quantitative estimate of drug-likeness (QED) is 0.510. The summed E-state index contributed by atoms with van der Waals surface area (Å²) in [6, 6.07) is 8.79. The number of nitrogens with one attached hydrogen (secondary N) is 1. The Morgan fingerprint density at radius 3 is 3.08 bits per heavy atom. The number of benzene rings is 1. The third-order valence-electron chi connectivity index (χ3n) is 2.16. The minimum absolute atomic E-state index is 0.349. The first-order valence-electron chi connectivity index (χ1n) is 4.09. The predicted octanol–water partition coefficient (Wildman–Crippen LogP) is 1.69. The largest absolute Gasteiger partial charge is 0.271 e. The molecule has 2 rings (SSSR count). The monoisotopic (exact) mass is 180 g/mol. The third kappa shape index (κ3) is 1.35. The molecule has 1 atom stereocenters. The second-order valence-electron chi connectivity index (χ2n) is 2.89. The van der Waals surface area contributed by atoms with Gasteiger partial charge in [-0.2, -0.15) is 0 Å². The molecule has 12 heavy (non-hydrogen) atoms. The van der Waals surface area contributed by atoms with Crippen molar-refractivity contribution in [3.05, 3.63) is 29.8 Å². The number of rotatable bonds is 1. The molecule has 3 N–H and O–H groups in total. The fraction of sp³-hybridized carbons (Fsp3) is 0.333. The highest BCUT2D eigenvalue weighted by atomic mass is 32.2. The fourth-order valence-electron chi connectivity index (χ4n) is 1.52. The van der Waals surface area contributed by atoms with E-state index >= 15 is 0 Å². The molecule has 0 bridgehead atoms. The van der Waals surface area contributed by atoms with Gasteiger partial charge in [-0.25, -0.2) is 0 Å². The third-order valence-corrected chi connectivity index (χ3v) is 3.28. The van der Waals surface area contributed by atoms with Gasteiger partial charge in [-0.05, 0) is 23.8 Å². The molecule has 0 radical (unpaired) electrons. The number of hydrogen-bond donors (Lipinski definition) is 2. The van der Waals surface area contributed by atoms with Gasteiger partial charge in [0.15, 0.2) is 0 Å². The van der Waals surface area contributed by atoms with Crippen molar-refractivity contribution >= 4 is 11.8 Å². The lowest BCUT2D eigenvalue weighted by Crippen LogP contribution is -2.30. The van der Waals surface area contributed by atoms with E-state index in [9.17, 15) is 0 Å². The van der Waals surface area contributed by atoms with E-state index < -0.39 is 0 Å². The standard InChI is InChI=1S/C9H12N2S/c10-11-8-5-6-12-9-4-2-1-3-7(8)9/h1-4,8,11H,5-6,10H2/t8-/m0/s1. The molecular weight excluding hydrogens is 168 g/mol. The molecule has 2 nitrogen and oxygen atoms in total. The summed E-state index contributed by atoms with van der Waals surface area (Å²) in [5.41, 5.74) is 4.19. The number of hydrogen-bond acceptors (Lipinski definition) is 3. The maximum absolute atomic E-state index is 5.46. The summed E-state index contributed by atoms with van der Waals surface area (Å²) in [4.78, 5) is 1.37. The van der Waals surface area contributed by atoms with Gasteiger partial charge in [-0.1, -0.05) is 18.2 Å². The average Bonchev–Trinajstić information content (AvgIpc) is 2.17. The molecule has 0 amide bonds. The minimum atomic E-state index is 0.349. The second kappa shape index (κ2) is 3.47. The van der Waals surface area contributed by atoms with Crippen LogP contribution < -0.4 is 11.3 Å². The summed E-state index contributed by atoms with van der Waals surface area (Å²) in [5.74, 6) is 6.62. The molecular formula is C9H12N2S. The molecule has 0 spiro atoms. The van der Waals surface area contributed by atoms with Gasteiger partial charge in [0.25, 0.3) is 0 Å². The van der Waals surface area contributed by atoms with Gasteiger partial charge < -0.3 is 0 Å². The van der Waals surface area contributed by atoms with Crippen molar-refractivity contribution in [2.75, 3.05) is 5.75 Å². The molecule has 0 unspecified atom stereocenters. The van der Waals surface area contributed by atoms with Crippen LogP contribution in [0, 0.1) is 0 Å². The van der Waals surface area contributed by atoms with Crippen LogP contribution in [0.4, 0.5) is 0 Å². The van der Waals surface area contributed by atoms with Crippen LogP contribution in [0.5, 0.6) is 0 Å². The van der Waals surface area contributed by atoms with E-state index in [-0.39, 0.29) is 0 Å². The Labute approximate surface area is 76.5 Å². The number of thioether (sulfide) groups is 1. The van der Waals surface area contributed by atoms with E-state index in [1.54, 1.807) is 0 Å².